The number of alkyl halides is 3. The van der Waals surface area contributed by atoms with E-state index in [9.17, 15) is 22.8 Å². The fourth-order valence-corrected chi connectivity index (χ4v) is 1.94. The van der Waals surface area contributed by atoms with Crippen molar-refractivity contribution < 1.29 is 22.8 Å². The van der Waals surface area contributed by atoms with Crippen LogP contribution in [0, 0.1) is 0 Å². The molecule has 2 amide bonds. The van der Waals surface area contributed by atoms with Crippen LogP contribution in [-0.2, 0) is 11.0 Å². The number of halogens is 3. The van der Waals surface area contributed by atoms with Gasteiger partial charge in [0.1, 0.15) is 0 Å². The number of benzene rings is 2. The maximum atomic E-state index is 12.9. The molecule has 4 nitrogen and oxygen atoms in total. The Bertz CT molecular complexity index is 725. The molecule has 0 aliphatic carbocycles. The van der Waals surface area contributed by atoms with Crippen LogP contribution in [0.25, 0.3) is 0 Å². The number of amides is 2. The Morgan fingerprint density at radius 1 is 0.913 bits per heavy atom. The van der Waals surface area contributed by atoms with E-state index in [0.29, 0.717) is 5.69 Å². The van der Waals surface area contributed by atoms with Gasteiger partial charge < -0.3 is 10.6 Å². The van der Waals surface area contributed by atoms with Crippen LogP contribution in [0.3, 0.4) is 0 Å². The zero-order valence-corrected chi connectivity index (χ0v) is 12.1. The molecule has 0 atom stereocenters. The Labute approximate surface area is 130 Å². The molecule has 2 aromatic carbocycles. The SMILES string of the molecule is CC(=O)Nc1ccc(C(=O)Nc2ccccc2C(F)(F)F)cc1. The van der Waals surface area contributed by atoms with Gasteiger partial charge in [-0.25, -0.2) is 0 Å². The standard InChI is InChI=1S/C16H13F3N2O2/c1-10(22)20-12-8-6-11(7-9-12)15(23)21-14-5-3-2-4-13(14)16(17,18)19/h2-9H,1H3,(H,20,22)(H,21,23). The summed E-state index contributed by atoms with van der Waals surface area (Å²) in [4.78, 5) is 23.0. The van der Waals surface area contributed by atoms with Crippen molar-refractivity contribution in [2.45, 2.75) is 13.1 Å². The molecule has 2 rings (SSSR count). The fourth-order valence-electron chi connectivity index (χ4n) is 1.94. The molecule has 2 aromatic rings. The van der Waals surface area contributed by atoms with E-state index in [2.05, 4.69) is 10.6 Å². The smallest absolute Gasteiger partial charge is 0.326 e. The summed E-state index contributed by atoms with van der Waals surface area (Å²) < 4.78 is 38.7. The minimum absolute atomic E-state index is 0.177. The Balaban J connectivity index is 2.18. The molecule has 0 aliphatic heterocycles. The lowest BCUT2D eigenvalue weighted by Crippen LogP contribution is -2.16. The Morgan fingerprint density at radius 2 is 1.52 bits per heavy atom. The van der Waals surface area contributed by atoms with Crippen molar-refractivity contribution >= 4 is 23.2 Å². The van der Waals surface area contributed by atoms with E-state index >= 15 is 0 Å². The van der Waals surface area contributed by atoms with Crippen molar-refractivity contribution in [1.82, 2.24) is 0 Å². The molecule has 23 heavy (non-hydrogen) atoms. The number of hydrogen-bond donors (Lipinski definition) is 2. The van der Waals surface area contributed by atoms with Crippen molar-refractivity contribution in [3.05, 3.63) is 59.7 Å². The number of nitrogens with one attached hydrogen (secondary N) is 2. The molecule has 0 aliphatic rings. The fraction of sp³-hybridized carbons (Fsp3) is 0.125. The molecule has 0 heterocycles. The first-order valence-electron chi connectivity index (χ1n) is 6.62. The number of carbonyl (C=O) groups is 2. The third-order valence-electron chi connectivity index (χ3n) is 2.95. The second-order valence-corrected chi connectivity index (χ2v) is 4.76. The van der Waals surface area contributed by atoms with Crippen LogP contribution in [0.5, 0.6) is 0 Å². The highest BCUT2D eigenvalue weighted by molar-refractivity contribution is 6.05. The van der Waals surface area contributed by atoms with Gasteiger partial charge >= 0.3 is 6.18 Å². The highest BCUT2D eigenvalue weighted by Gasteiger charge is 2.33. The Hall–Kier alpha value is -2.83. The molecular weight excluding hydrogens is 309 g/mol. The van der Waals surface area contributed by atoms with E-state index in [-0.39, 0.29) is 17.2 Å². The van der Waals surface area contributed by atoms with Gasteiger partial charge in [-0.2, -0.15) is 13.2 Å². The molecule has 0 spiro atoms. The molecule has 2 N–H and O–H groups in total. The highest BCUT2D eigenvalue weighted by Crippen LogP contribution is 2.34. The first-order chi connectivity index (χ1) is 10.8. The summed E-state index contributed by atoms with van der Waals surface area (Å²) in [6.45, 7) is 1.34. The normalized spacial score (nSPS) is 11.0. The highest BCUT2D eigenvalue weighted by atomic mass is 19.4. The molecule has 7 heteroatoms. The summed E-state index contributed by atoms with van der Waals surface area (Å²) in [6.07, 6.45) is -4.56. The lowest BCUT2D eigenvalue weighted by molar-refractivity contribution is -0.136. The van der Waals surface area contributed by atoms with Gasteiger partial charge in [-0.15, -0.1) is 0 Å². The van der Waals surface area contributed by atoms with Gasteiger partial charge in [0.25, 0.3) is 5.91 Å². The van der Waals surface area contributed by atoms with E-state index in [4.69, 9.17) is 0 Å². The maximum Gasteiger partial charge on any atom is 0.418 e. The molecule has 120 valence electrons. The summed E-state index contributed by atoms with van der Waals surface area (Å²) in [5, 5.41) is 4.78. The van der Waals surface area contributed by atoms with Crippen molar-refractivity contribution in [2.24, 2.45) is 0 Å². The number of anilines is 2. The number of para-hydroxylation sites is 1. The van der Waals surface area contributed by atoms with E-state index < -0.39 is 17.6 Å². The quantitative estimate of drug-likeness (QED) is 0.900. The number of hydrogen-bond acceptors (Lipinski definition) is 2. The third-order valence-corrected chi connectivity index (χ3v) is 2.95. The van der Waals surface area contributed by atoms with Gasteiger partial charge in [0.05, 0.1) is 11.3 Å². The minimum Gasteiger partial charge on any atom is -0.326 e. The van der Waals surface area contributed by atoms with Crippen molar-refractivity contribution in [3.63, 3.8) is 0 Å². The van der Waals surface area contributed by atoms with Crippen LogP contribution < -0.4 is 10.6 Å². The lowest BCUT2D eigenvalue weighted by Gasteiger charge is -2.13. The van der Waals surface area contributed by atoms with E-state index in [1.807, 2.05) is 0 Å². The molecule has 0 bridgehead atoms. The largest absolute Gasteiger partial charge is 0.418 e. The number of rotatable bonds is 3. The first-order valence-corrected chi connectivity index (χ1v) is 6.62. The van der Waals surface area contributed by atoms with Crippen LogP contribution in [0.1, 0.15) is 22.8 Å². The van der Waals surface area contributed by atoms with Crippen LogP contribution in [-0.4, -0.2) is 11.8 Å². The van der Waals surface area contributed by atoms with Gasteiger partial charge in [0.2, 0.25) is 5.91 Å². The average molecular weight is 322 g/mol. The summed E-state index contributed by atoms with van der Waals surface area (Å²) in [5.41, 5.74) is -0.556. The zero-order chi connectivity index (χ0) is 17.0. The van der Waals surface area contributed by atoms with Gasteiger partial charge in [0.15, 0.2) is 0 Å². The van der Waals surface area contributed by atoms with Gasteiger partial charge in [-0.05, 0) is 36.4 Å². The van der Waals surface area contributed by atoms with Gasteiger partial charge in [0, 0.05) is 18.2 Å². The first kappa shape index (κ1) is 16.5. The molecule has 0 saturated carbocycles. The Kier molecular flexibility index (Phi) is 4.68. The molecule has 0 fully saturated rings. The topological polar surface area (TPSA) is 58.2 Å². The van der Waals surface area contributed by atoms with Gasteiger partial charge in [-0.1, -0.05) is 12.1 Å². The molecule has 0 aromatic heterocycles. The van der Waals surface area contributed by atoms with Gasteiger partial charge in [-0.3, -0.25) is 9.59 Å². The average Bonchev–Trinajstić information content (AvgIpc) is 2.46. The summed E-state index contributed by atoms with van der Waals surface area (Å²) in [7, 11) is 0. The summed E-state index contributed by atoms with van der Waals surface area (Å²) >= 11 is 0. The molecule has 0 saturated heterocycles. The van der Waals surface area contributed by atoms with Crippen LogP contribution in [0.4, 0.5) is 24.5 Å². The van der Waals surface area contributed by atoms with Crippen LogP contribution in [0.2, 0.25) is 0 Å². The van der Waals surface area contributed by atoms with E-state index in [0.717, 1.165) is 6.07 Å². The van der Waals surface area contributed by atoms with E-state index in [1.54, 1.807) is 0 Å². The van der Waals surface area contributed by atoms with Crippen molar-refractivity contribution in [2.75, 3.05) is 10.6 Å². The second kappa shape index (κ2) is 6.51. The van der Waals surface area contributed by atoms with E-state index in [1.165, 1.54) is 49.4 Å². The number of carbonyl (C=O) groups excluding carboxylic acids is 2. The second-order valence-electron chi connectivity index (χ2n) is 4.76. The van der Waals surface area contributed by atoms with Crippen LogP contribution in [0.15, 0.2) is 48.5 Å². The zero-order valence-electron chi connectivity index (χ0n) is 12.1. The van der Waals surface area contributed by atoms with Crippen molar-refractivity contribution in [1.29, 1.82) is 0 Å². The monoisotopic (exact) mass is 322 g/mol. The van der Waals surface area contributed by atoms with Crippen LogP contribution >= 0.6 is 0 Å². The Morgan fingerprint density at radius 3 is 2.09 bits per heavy atom. The third kappa shape index (κ3) is 4.32. The predicted octanol–water partition coefficient (Wildman–Crippen LogP) is 3.92. The summed E-state index contributed by atoms with van der Waals surface area (Å²) in [5.74, 6) is -0.933. The predicted molar refractivity (Wildman–Crippen MR) is 80.1 cm³/mol. The summed E-state index contributed by atoms with van der Waals surface area (Å²) in [6, 6.07) is 10.6. The van der Waals surface area contributed by atoms with Crippen molar-refractivity contribution in [3.8, 4) is 0 Å². The lowest BCUT2D eigenvalue weighted by atomic mass is 10.1. The molecule has 0 unspecified atom stereocenters. The maximum absolute atomic E-state index is 12.9. The minimum atomic E-state index is -4.56. The molecular formula is C16H13F3N2O2. The molecule has 0 radical (unpaired) electrons.